The molecule has 124 valence electrons. The molecule has 1 nitrogen and oxygen atoms in total. The predicted octanol–water partition coefficient (Wildman–Crippen LogP) is 6.79. The van der Waals surface area contributed by atoms with Crippen molar-refractivity contribution in [1.29, 1.82) is 0 Å². The molecule has 0 bridgehead atoms. The molecule has 0 saturated carbocycles. The lowest BCUT2D eigenvalue weighted by Crippen LogP contribution is -2.32. The Kier molecular flexibility index (Phi) is 3.88. The van der Waals surface area contributed by atoms with Gasteiger partial charge >= 0.3 is 10.2 Å². The van der Waals surface area contributed by atoms with Crippen molar-refractivity contribution in [3.63, 3.8) is 0 Å². The van der Waals surface area contributed by atoms with Gasteiger partial charge in [-0.2, -0.15) is 0 Å². The number of benzene rings is 1. The van der Waals surface area contributed by atoms with E-state index in [1.54, 1.807) is 6.92 Å². The molecule has 0 N–H and O–H groups in total. The topological polar surface area (TPSA) is 9.23 Å². The molecule has 0 aliphatic carbocycles. The Labute approximate surface area is 122 Å². The first-order valence-corrected chi connectivity index (χ1v) is 8.47. The maximum Gasteiger partial charge on any atom is 0.313 e. The number of rotatable bonds is 4. The summed E-state index contributed by atoms with van der Waals surface area (Å²) in [4.78, 5) is -1.97. The summed E-state index contributed by atoms with van der Waals surface area (Å²) in [6, 6.07) is 3.47. The Hall–Kier alpha value is -0.980. The first kappa shape index (κ1) is 18.1. The van der Waals surface area contributed by atoms with E-state index in [0.717, 1.165) is 12.1 Å². The molecule has 21 heavy (non-hydrogen) atoms. The third-order valence-corrected chi connectivity index (χ3v) is 4.82. The second kappa shape index (κ2) is 4.51. The zero-order valence-corrected chi connectivity index (χ0v) is 13.5. The summed E-state index contributed by atoms with van der Waals surface area (Å²) in [5.74, 6) is -0.940. The summed E-state index contributed by atoms with van der Waals surface area (Å²) in [6.07, 6.45) is -0.633. The average Bonchev–Trinajstić information content (AvgIpc) is 2.24. The number of hydrogen-bond donors (Lipinski definition) is 0. The van der Waals surface area contributed by atoms with Gasteiger partial charge in [0.05, 0.1) is 6.10 Å². The van der Waals surface area contributed by atoms with E-state index in [1.165, 1.54) is 6.07 Å². The van der Waals surface area contributed by atoms with E-state index < -0.39 is 27.0 Å². The van der Waals surface area contributed by atoms with Crippen LogP contribution in [-0.2, 0) is 0 Å². The van der Waals surface area contributed by atoms with Crippen molar-refractivity contribution in [2.45, 2.75) is 45.6 Å². The molecule has 0 saturated heterocycles. The van der Waals surface area contributed by atoms with Crippen molar-refractivity contribution in [2.24, 2.45) is 11.3 Å². The molecular formula is C14H21F5OS. The fourth-order valence-electron chi connectivity index (χ4n) is 1.87. The van der Waals surface area contributed by atoms with Gasteiger partial charge in [0.1, 0.15) is 10.6 Å². The van der Waals surface area contributed by atoms with Gasteiger partial charge in [-0.05, 0) is 30.4 Å². The molecule has 2 atom stereocenters. The van der Waals surface area contributed by atoms with Crippen molar-refractivity contribution in [3.05, 3.63) is 24.3 Å². The van der Waals surface area contributed by atoms with Gasteiger partial charge < -0.3 is 4.74 Å². The number of halogens is 5. The third-order valence-electron chi connectivity index (χ3n) is 3.65. The van der Waals surface area contributed by atoms with Crippen LogP contribution in [0.15, 0.2) is 29.2 Å². The van der Waals surface area contributed by atoms with E-state index in [1.807, 2.05) is 27.7 Å². The largest absolute Gasteiger partial charge is 0.489 e. The van der Waals surface area contributed by atoms with Crippen LogP contribution >= 0.6 is 10.2 Å². The van der Waals surface area contributed by atoms with Gasteiger partial charge in [-0.25, -0.2) is 0 Å². The number of para-hydroxylation sites is 1. The second-order valence-corrected chi connectivity index (χ2v) is 8.77. The molecule has 2 unspecified atom stereocenters. The summed E-state index contributed by atoms with van der Waals surface area (Å²) < 4.78 is 70.3. The van der Waals surface area contributed by atoms with Crippen LogP contribution in [0.2, 0.25) is 0 Å². The lowest BCUT2D eigenvalue weighted by molar-refractivity contribution is 0.0846. The normalized spacial score (nSPS) is 19.3. The monoisotopic (exact) mass is 332 g/mol. The standard InChI is InChI=1S/C14H21F5OS/c1-10(14(3,4)5)11(2)20-12-8-6-7-9-13(12)21(15,16,17,18)19/h6-11H,1-5H3. The molecule has 1 rings (SSSR count). The Morgan fingerprint density at radius 1 is 0.952 bits per heavy atom. The van der Waals surface area contributed by atoms with E-state index in [2.05, 4.69) is 0 Å². The molecule has 1 aromatic carbocycles. The lowest BCUT2D eigenvalue weighted by atomic mass is 9.79. The molecule has 7 heteroatoms. The Bertz CT molecular complexity index is 518. The lowest BCUT2D eigenvalue weighted by Gasteiger charge is -2.42. The molecule has 1 aromatic rings. The van der Waals surface area contributed by atoms with E-state index in [9.17, 15) is 19.4 Å². The minimum absolute atomic E-state index is 0.121. The number of hydrogen-bond acceptors (Lipinski definition) is 1. The summed E-state index contributed by atoms with van der Waals surface area (Å²) >= 11 is 0. The van der Waals surface area contributed by atoms with Gasteiger partial charge in [-0.1, -0.05) is 59.3 Å². The van der Waals surface area contributed by atoms with Crippen molar-refractivity contribution < 1.29 is 24.2 Å². The van der Waals surface area contributed by atoms with Crippen LogP contribution in [-0.4, -0.2) is 6.10 Å². The maximum absolute atomic E-state index is 13.0. The van der Waals surface area contributed by atoms with Crippen molar-refractivity contribution in [3.8, 4) is 5.75 Å². The summed E-state index contributed by atoms with van der Waals surface area (Å²) in [5.41, 5.74) is -0.219. The van der Waals surface area contributed by atoms with Gasteiger partial charge in [0.2, 0.25) is 0 Å². The number of ether oxygens (including phenoxy) is 1. The zero-order valence-electron chi connectivity index (χ0n) is 12.7. The molecule has 0 aromatic heterocycles. The molecule has 0 aliphatic heterocycles. The predicted molar refractivity (Wildman–Crippen MR) is 76.5 cm³/mol. The van der Waals surface area contributed by atoms with Crippen LogP contribution in [0, 0.1) is 11.3 Å². The molecule has 0 heterocycles. The van der Waals surface area contributed by atoms with Gasteiger partial charge in [0, 0.05) is 0 Å². The molecule has 0 radical (unpaired) electrons. The van der Waals surface area contributed by atoms with Crippen molar-refractivity contribution >= 4 is 10.2 Å². The van der Waals surface area contributed by atoms with Gasteiger partial charge in [0.15, 0.2) is 0 Å². The van der Waals surface area contributed by atoms with Gasteiger partial charge in [0.25, 0.3) is 0 Å². The van der Waals surface area contributed by atoms with Crippen LogP contribution in [0.3, 0.4) is 0 Å². The fraction of sp³-hybridized carbons (Fsp3) is 0.571. The van der Waals surface area contributed by atoms with Crippen molar-refractivity contribution in [1.82, 2.24) is 0 Å². The highest BCUT2D eigenvalue weighted by Crippen LogP contribution is 3.03. The first-order valence-electron chi connectivity index (χ1n) is 6.52. The third kappa shape index (κ3) is 4.76. The molecular weight excluding hydrogens is 311 g/mol. The van der Waals surface area contributed by atoms with E-state index in [0.29, 0.717) is 6.07 Å². The summed E-state index contributed by atoms with van der Waals surface area (Å²) in [7, 11) is -9.76. The van der Waals surface area contributed by atoms with Crippen LogP contribution in [0.5, 0.6) is 5.75 Å². The minimum Gasteiger partial charge on any atom is -0.489 e. The summed E-state index contributed by atoms with van der Waals surface area (Å²) in [6.45, 7) is 9.13. The van der Waals surface area contributed by atoms with E-state index in [4.69, 9.17) is 4.74 Å². The fourth-order valence-corrected chi connectivity index (χ4v) is 2.70. The zero-order chi connectivity index (χ0) is 16.8. The van der Waals surface area contributed by atoms with Crippen molar-refractivity contribution in [2.75, 3.05) is 0 Å². The smallest absolute Gasteiger partial charge is 0.313 e. The Morgan fingerprint density at radius 2 is 1.43 bits per heavy atom. The summed E-state index contributed by atoms with van der Waals surface area (Å²) in [5, 5.41) is 0. The van der Waals surface area contributed by atoms with Crippen LogP contribution in [0.4, 0.5) is 19.4 Å². The average molecular weight is 332 g/mol. The highest BCUT2D eigenvalue weighted by atomic mass is 32.5. The highest BCUT2D eigenvalue weighted by molar-refractivity contribution is 8.45. The highest BCUT2D eigenvalue weighted by Gasteiger charge is 2.67. The van der Waals surface area contributed by atoms with E-state index in [-0.39, 0.29) is 11.3 Å². The quantitative estimate of drug-likeness (QED) is 0.551. The minimum atomic E-state index is -9.76. The SMILES string of the molecule is CC(Oc1ccccc1S(F)(F)(F)(F)F)C(C)C(C)(C)C. The first-order chi connectivity index (χ1) is 9.02. The van der Waals surface area contributed by atoms with Crippen LogP contribution in [0.25, 0.3) is 0 Å². The van der Waals surface area contributed by atoms with Gasteiger partial charge in [-0.3, -0.25) is 0 Å². The Balaban J connectivity index is 3.19. The molecule has 0 fully saturated rings. The molecule has 0 spiro atoms. The van der Waals surface area contributed by atoms with Crippen LogP contribution < -0.4 is 4.74 Å². The van der Waals surface area contributed by atoms with Crippen LogP contribution in [0.1, 0.15) is 34.6 Å². The molecule has 0 amide bonds. The second-order valence-electron chi connectivity index (χ2n) is 6.39. The Morgan fingerprint density at radius 3 is 1.86 bits per heavy atom. The van der Waals surface area contributed by atoms with E-state index >= 15 is 0 Å². The maximum atomic E-state index is 13.0. The van der Waals surface area contributed by atoms with Gasteiger partial charge in [-0.15, -0.1) is 0 Å². The molecule has 0 aliphatic rings.